The van der Waals surface area contributed by atoms with Gasteiger partial charge in [0.05, 0.1) is 6.61 Å². The third-order valence-corrected chi connectivity index (χ3v) is 4.05. The summed E-state index contributed by atoms with van der Waals surface area (Å²) in [7, 11) is 1.68. The van der Waals surface area contributed by atoms with Crippen LogP contribution < -0.4 is 11.1 Å². The number of nitrogens with one attached hydrogen (secondary N) is 1. The fourth-order valence-corrected chi connectivity index (χ4v) is 2.85. The van der Waals surface area contributed by atoms with Gasteiger partial charge >= 0.3 is 6.03 Å². The van der Waals surface area contributed by atoms with Gasteiger partial charge in [-0.25, -0.2) is 4.79 Å². The number of hydrogen-bond acceptors (Lipinski definition) is 3. The van der Waals surface area contributed by atoms with Gasteiger partial charge in [-0.3, -0.25) is 4.79 Å². The third kappa shape index (κ3) is 3.76. The van der Waals surface area contributed by atoms with Crippen molar-refractivity contribution < 1.29 is 14.3 Å². The molecule has 0 radical (unpaired) electrons. The van der Waals surface area contributed by atoms with Crippen molar-refractivity contribution >= 4 is 17.6 Å². The Bertz CT molecular complexity index is 558. The van der Waals surface area contributed by atoms with Crippen LogP contribution in [-0.4, -0.2) is 43.6 Å². The van der Waals surface area contributed by atoms with E-state index in [2.05, 4.69) is 5.32 Å². The van der Waals surface area contributed by atoms with Gasteiger partial charge in [-0.05, 0) is 37.5 Å². The Hall–Kier alpha value is -2.08. The highest BCUT2D eigenvalue weighted by molar-refractivity contribution is 5.98. The molecule has 6 nitrogen and oxygen atoms in total. The number of nitrogens with zero attached hydrogens (tertiary/aromatic N) is 1. The molecule has 1 aliphatic heterocycles. The second-order valence-electron chi connectivity index (χ2n) is 5.68. The molecule has 0 unspecified atom stereocenters. The molecule has 1 heterocycles. The van der Waals surface area contributed by atoms with Gasteiger partial charge in [0.15, 0.2) is 0 Å². The maximum atomic E-state index is 12.4. The SMILES string of the molecule is COC[C@@H]1CCCN(C(=O)Nc2cccc(C(N)=O)c2C)C1. The molecular weight excluding hydrogens is 282 g/mol. The lowest BCUT2D eigenvalue weighted by molar-refractivity contribution is 0.0999. The Kier molecular flexibility index (Phi) is 5.38. The highest BCUT2D eigenvalue weighted by Crippen LogP contribution is 2.21. The summed E-state index contributed by atoms with van der Waals surface area (Å²) in [5, 5.41) is 2.88. The number of primary amides is 1. The van der Waals surface area contributed by atoms with Gasteiger partial charge < -0.3 is 20.7 Å². The van der Waals surface area contributed by atoms with E-state index in [9.17, 15) is 9.59 Å². The molecule has 120 valence electrons. The Morgan fingerprint density at radius 3 is 2.91 bits per heavy atom. The minimum atomic E-state index is -0.494. The zero-order valence-electron chi connectivity index (χ0n) is 13.1. The van der Waals surface area contributed by atoms with E-state index in [0.717, 1.165) is 19.4 Å². The van der Waals surface area contributed by atoms with Gasteiger partial charge in [-0.15, -0.1) is 0 Å². The lowest BCUT2D eigenvalue weighted by Gasteiger charge is -2.32. The lowest BCUT2D eigenvalue weighted by atomic mass is 9.99. The number of urea groups is 1. The monoisotopic (exact) mass is 305 g/mol. The van der Waals surface area contributed by atoms with Gasteiger partial charge in [0.1, 0.15) is 0 Å². The summed E-state index contributed by atoms with van der Waals surface area (Å²) in [6.45, 7) is 3.87. The topological polar surface area (TPSA) is 84.7 Å². The van der Waals surface area contributed by atoms with E-state index in [1.807, 2.05) is 0 Å². The van der Waals surface area contributed by atoms with Gasteiger partial charge in [-0.1, -0.05) is 6.07 Å². The molecule has 1 aliphatic rings. The van der Waals surface area contributed by atoms with Crippen LogP contribution in [0.5, 0.6) is 0 Å². The molecule has 1 atom stereocenters. The fourth-order valence-electron chi connectivity index (χ4n) is 2.85. The molecule has 22 heavy (non-hydrogen) atoms. The molecule has 0 aromatic heterocycles. The van der Waals surface area contributed by atoms with Crippen molar-refractivity contribution in [2.24, 2.45) is 11.7 Å². The number of carbonyl (C=O) groups excluding carboxylic acids is 2. The number of rotatable bonds is 4. The van der Waals surface area contributed by atoms with Crippen LogP contribution in [-0.2, 0) is 4.74 Å². The maximum absolute atomic E-state index is 12.4. The first-order valence-corrected chi connectivity index (χ1v) is 7.47. The number of nitrogens with two attached hydrogens (primary N) is 1. The number of piperidine rings is 1. The first kappa shape index (κ1) is 16.3. The van der Waals surface area contributed by atoms with Crippen LogP contribution >= 0.6 is 0 Å². The Morgan fingerprint density at radius 2 is 2.23 bits per heavy atom. The lowest BCUT2D eigenvalue weighted by Crippen LogP contribution is -2.43. The normalized spacial score (nSPS) is 18.1. The Morgan fingerprint density at radius 1 is 1.45 bits per heavy atom. The van der Waals surface area contributed by atoms with Gasteiger partial charge in [0, 0.05) is 37.4 Å². The zero-order valence-corrected chi connectivity index (χ0v) is 13.1. The van der Waals surface area contributed by atoms with Crippen LogP contribution in [0.1, 0.15) is 28.8 Å². The highest BCUT2D eigenvalue weighted by Gasteiger charge is 2.24. The van der Waals surface area contributed by atoms with E-state index in [-0.39, 0.29) is 6.03 Å². The number of likely N-dealkylation sites (tertiary alicyclic amines) is 1. The number of anilines is 1. The Labute approximate surface area is 130 Å². The predicted molar refractivity (Wildman–Crippen MR) is 84.9 cm³/mol. The van der Waals surface area contributed by atoms with Gasteiger partial charge in [0.25, 0.3) is 0 Å². The summed E-state index contributed by atoms with van der Waals surface area (Å²) in [5.74, 6) is -0.116. The van der Waals surface area contributed by atoms with E-state index in [4.69, 9.17) is 10.5 Å². The van der Waals surface area contributed by atoms with Crippen molar-refractivity contribution in [3.63, 3.8) is 0 Å². The van der Waals surface area contributed by atoms with Crippen LogP contribution in [0.15, 0.2) is 18.2 Å². The number of hydrogen-bond donors (Lipinski definition) is 2. The second kappa shape index (κ2) is 7.26. The minimum Gasteiger partial charge on any atom is -0.384 e. The van der Waals surface area contributed by atoms with Crippen LogP contribution in [0, 0.1) is 12.8 Å². The predicted octanol–water partition coefficient (Wildman–Crippen LogP) is 1.98. The number of ether oxygens (including phenoxy) is 1. The van der Waals surface area contributed by atoms with Crippen molar-refractivity contribution in [2.45, 2.75) is 19.8 Å². The number of benzene rings is 1. The molecule has 1 aromatic carbocycles. The summed E-state index contributed by atoms with van der Waals surface area (Å²) in [4.78, 5) is 25.6. The average molecular weight is 305 g/mol. The average Bonchev–Trinajstić information content (AvgIpc) is 2.49. The molecule has 0 bridgehead atoms. The molecule has 1 aromatic rings. The quantitative estimate of drug-likeness (QED) is 0.892. The van der Waals surface area contributed by atoms with Gasteiger partial charge in [-0.2, -0.15) is 0 Å². The van der Waals surface area contributed by atoms with Crippen LogP contribution in [0.25, 0.3) is 0 Å². The molecule has 6 heteroatoms. The summed E-state index contributed by atoms with van der Waals surface area (Å²) in [6.07, 6.45) is 2.05. The van der Waals surface area contributed by atoms with Crippen molar-refractivity contribution in [3.05, 3.63) is 29.3 Å². The fraction of sp³-hybridized carbons (Fsp3) is 0.500. The number of carbonyl (C=O) groups is 2. The third-order valence-electron chi connectivity index (χ3n) is 4.05. The second-order valence-corrected chi connectivity index (χ2v) is 5.68. The molecule has 3 amide bonds. The summed E-state index contributed by atoms with van der Waals surface area (Å²) >= 11 is 0. The molecule has 1 saturated heterocycles. The summed E-state index contributed by atoms with van der Waals surface area (Å²) in [5.41, 5.74) is 7.07. The van der Waals surface area contributed by atoms with E-state index in [1.165, 1.54) is 0 Å². The summed E-state index contributed by atoms with van der Waals surface area (Å²) < 4.78 is 5.18. The van der Waals surface area contributed by atoms with Crippen LogP contribution in [0.4, 0.5) is 10.5 Å². The first-order chi connectivity index (χ1) is 10.5. The Balaban J connectivity index is 2.06. The van der Waals surface area contributed by atoms with E-state index < -0.39 is 5.91 Å². The number of amides is 3. The molecule has 2 rings (SSSR count). The van der Waals surface area contributed by atoms with Gasteiger partial charge in [0.2, 0.25) is 5.91 Å². The van der Waals surface area contributed by atoms with E-state index in [0.29, 0.717) is 35.9 Å². The van der Waals surface area contributed by atoms with Crippen LogP contribution in [0.3, 0.4) is 0 Å². The highest BCUT2D eigenvalue weighted by atomic mass is 16.5. The maximum Gasteiger partial charge on any atom is 0.321 e. The van der Waals surface area contributed by atoms with Crippen LogP contribution in [0.2, 0.25) is 0 Å². The van der Waals surface area contributed by atoms with Crippen molar-refractivity contribution in [2.75, 3.05) is 32.1 Å². The standard InChI is InChI=1S/C16H23N3O3/c1-11-13(15(17)20)6-3-7-14(11)18-16(21)19-8-4-5-12(9-19)10-22-2/h3,6-7,12H,4-5,8-10H2,1-2H3,(H2,17,20)(H,18,21)/t12-/m1/s1. The van der Waals surface area contributed by atoms with Crippen molar-refractivity contribution in [1.82, 2.24) is 4.90 Å². The molecule has 0 aliphatic carbocycles. The number of methoxy groups -OCH3 is 1. The summed E-state index contributed by atoms with van der Waals surface area (Å²) in [6, 6.07) is 5.00. The largest absolute Gasteiger partial charge is 0.384 e. The molecule has 0 spiro atoms. The zero-order chi connectivity index (χ0) is 16.1. The molecule has 1 fully saturated rings. The molecular formula is C16H23N3O3. The van der Waals surface area contributed by atoms with E-state index in [1.54, 1.807) is 37.1 Å². The molecule has 0 saturated carbocycles. The smallest absolute Gasteiger partial charge is 0.321 e. The minimum absolute atomic E-state index is 0.148. The molecule has 3 N–H and O–H groups in total. The van der Waals surface area contributed by atoms with E-state index >= 15 is 0 Å². The van der Waals surface area contributed by atoms with Crippen molar-refractivity contribution in [1.29, 1.82) is 0 Å². The van der Waals surface area contributed by atoms with Crippen molar-refractivity contribution in [3.8, 4) is 0 Å². The first-order valence-electron chi connectivity index (χ1n) is 7.47.